The Morgan fingerprint density at radius 2 is 1.95 bits per heavy atom. The lowest BCUT2D eigenvalue weighted by molar-refractivity contribution is -0.111. The first-order valence-electron chi connectivity index (χ1n) is 6.22. The van der Waals surface area contributed by atoms with E-state index < -0.39 is 0 Å². The molecule has 0 bridgehead atoms. The van der Waals surface area contributed by atoms with Crippen LogP contribution in [-0.4, -0.2) is 15.7 Å². The summed E-state index contributed by atoms with van der Waals surface area (Å²) >= 11 is 2.23. The molecule has 0 radical (unpaired) electrons. The van der Waals surface area contributed by atoms with E-state index in [1.54, 1.807) is 6.08 Å². The molecule has 2 aromatic rings. The van der Waals surface area contributed by atoms with Gasteiger partial charge in [-0.2, -0.15) is 5.10 Å². The molecule has 0 atom stereocenters. The molecule has 2 rings (SSSR count). The number of carbonyl (C=O) groups is 1. The first kappa shape index (κ1) is 14.8. The van der Waals surface area contributed by atoms with Crippen LogP contribution < -0.4 is 5.32 Å². The fourth-order valence-electron chi connectivity index (χ4n) is 1.91. The first-order chi connectivity index (χ1) is 9.47. The van der Waals surface area contributed by atoms with Crippen molar-refractivity contribution in [1.82, 2.24) is 9.78 Å². The van der Waals surface area contributed by atoms with E-state index in [2.05, 4.69) is 33.0 Å². The molecule has 0 aliphatic heterocycles. The molecule has 0 aliphatic rings. The van der Waals surface area contributed by atoms with Crippen molar-refractivity contribution in [3.8, 4) is 0 Å². The van der Waals surface area contributed by atoms with Crippen molar-refractivity contribution in [2.75, 3.05) is 5.32 Å². The molecule has 1 amide bonds. The highest BCUT2D eigenvalue weighted by Crippen LogP contribution is 2.14. The van der Waals surface area contributed by atoms with E-state index >= 15 is 0 Å². The zero-order valence-corrected chi connectivity index (χ0v) is 13.8. The number of aromatic nitrogens is 2. The number of hydrogen-bond donors (Lipinski definition) is 1. The van der Waals surface area contributed by atoms with Crippen molar-refractivity contribution >= 4 is 40.3 Å². The van der Waals surface area contributed by atoms with Crippen LogP contribution in [0.4, 0.5) is 5.69 Å². The van der Waals surface area contributed by atoms with E-state index in [4.69, 9.17) is 0 Å². The summed E-state index contributed by atoms with van der Waals surface area (Å²) in [6.45, 7) is 3.92. The fourth-order valence-corrected chi connectivity index (χ4v) is 2.27. The molecule has 5 heteroatoms. The van der Waals surface area contributed by atoms with Crippen LogP contribution in [0.5, 0.6) is 0 Å². The highest BCUT2D eigenvalue weighted by Gasteiger charge is 2.06. The zero-order chi connectivity index (χ0) is 14.7. The van der Waals surface area contributed by atoms with E-state index in [1.165, 1.54) is 6.08 Å². The number of nitrogens with zero attached hydrogens (tertiary/aromatic N) is 2. The summed E-state index contributed by atoms with van der Waals surface area (Å²) in [6, 6.07) is 7.67. The molecular formula is C15H16IN3O. The third-order valence-corrected chi connectivity index (χ3v) is 3.80. The lowest BCUT2D eigenvalue weighted by Gasteiger charge is -2.01. The van der Waals surface area contributed by atoms with Crippen molar-refractivity contribution in [2.45, 2.75) is 13.8 Å². The Kier molecular flexibility index (Phi) is 4.59. The second-order valence-electron chi connectivity index (χ2n) is 4.54. The number of amides is 1. The fraction of sp³-hybridized carbons (Fsp3) is 0.200. The zero-order valence-electron chi connectivity index (χ0n) is 11.6. The number of nitrogens with one attached hydrogen (secondary N) is 1. The molecule has 0 unspecified atom stereocenters. The summed E-state index contributed by atoms with van der Waals surface area (Å²) in [6.07, 6.45) is 3.34. The van der Waals surface area contributed by atoms with Gasteiger partial charge in [0, 0.05) is 33.6 Å². The Hall–Kier alpha value is -1.63. The summed E-state index contributed by atoms with van der Waals surface area (Å²) in [7, 11) is 1.89. The Balaban J connectivity index is 2.07. The van der Waals surface area contributed by atoms with Crippen LogP contribution in [0.15, 0.2) is 30.3 Å². The minimum absolute atomic E-state index is 0.145. The molecule has 20 heavy (non-hydrogen) atoms. The van der Waals surface area contributed by atoms with Gasteiger partial charge >= 0.3 is 0 Å². The van der Waals surface area contributed by atoms with E-state index in [0.717, 1.165) is 26.2 Å². The van der Waals surface area contributed by atoms with Crippen LogP contribution in [0.3, 0.4) is 0 Å². The minimum atomic E-state index is -0.145. The van der Waals surface area contributed by atoms with Crippen molar-refractivity contribution in [3.05, 3.63) is 50.9 Å². The average molecular weight is 381 g/mol. The molecule has 0 saturated carbocycles. The van der Waals surface area contributed by atoms with Gasteiger partial charge in [-0.1, -0.05) is 0 Å². The van der Waals surface area contributed by atoms with Crippen LogP contribution >= 0.6 is 22.6 Å². The van der Waals surface area contributed by atoms with Gasteiger partial charge in [-0.25, -0.2) is 0 Å². The summed E-state index contributed by atoms with van der Waals surface area (Å²) in [5.41, 5.74) is 3.74. The number of rotatable bonds is 3. The maximum absolute atomic E-state index is 11.9. The predicted molar refractivity (Wildman–Crippen MR) is 89.5 cm³/mol. The highest BCUT2D eigenvalue weighted by molar-refractivity contribution is 14.1. The molecule has 4 nitrogen and oxygen atoms in total. The summed E-state index contributed by atoms with van der Waals surface area (Å²) in [5, 5.41) is 7.14. The van der Waals surface area contributed by atoms with Crippen LogP contribution in [0.25, 0.3) is 6.08 Å². The van der Waals surface area contributed by atoms with Gasteiger partial charge in [-0.3, -0.25) is 9.48 Å². The molecule has 1 heterocycles. The predicted octanol–water partition coefficient (Wildman–Crippen LogP) is 3.29. The molecular weight excluding hydrogens is 365 g/mol. The molecule has 0 spiro atoms. The van der Waals surface area contributed by atoms with Crippen molar-refractivity contribution < 1.29 is 4.79 Å². The van der Waals surface area contributed by atoms with Crippen LogP contribution in [0.1, 0.15) is 17.0 Å². The molecule has 0 aliphatic carbocycles. The molecule has 1 aromatic heterocycles. The maximum atomic E-state index is 11.9. The second kappa shape index (κ2) is 6.21. The minimum Gasteiger partial charge on any atom is -0.323 e. The third-order valence-electron chi connectivity index (χ3n) is 3.08. The SMILES string of the molecule is Cc1nn(C)c(C)c1/C=C/C(=O)Nc1ccc(I)cc1. The number of hydrogen-bond acceptors (Lipinski definition) is 2. The number of anilines is 1. The Morgan fingerprint density at radius 1 is 1.30 bits per heavy atom. The van der Waals surface area contributed by atoms with E-state index in [1.807, 2.05) is 49.8 Å². The summed E-state index contributed by atoms with van der Waals surface area (Å²) in [5.74, 6) is -0.145. The van der Waals surface area contributed by atoms with E-state index in [0.29, 0.717) is 0 Å². The van der Waals surface area contributed by atoms with Gasteiger partial charge in [0.15, 0.2) is 0 Å². The van der Waals surface area contributed by atoms with Gasteiger partial charge in [0.25, 0.3) is 0 Å². The normalized spacial score (nSPS) is 11.0. The monoisotopic (exact) mass is 381 g/mol. The van der Waals surface area contributed by atoms with Gasteiger partial charge in [0.1, 0.15) is 0 Å². The van der Waals surface area contributed by atoms with Crippen LogP contribution in [-0.2, 0) is 11.8 Å². The number of aryl methyl sites for hydroxylation is 2. The number of benzene rings is 1. The van der Waals surface area contributed by atoms with E-state index in [9.17, 15) is 4.79 Å². The third kappa shape index (κ3) is 3.47. The topological polar surface area (TPSA) is 46.9 Å². The maximum Gasteiger partial charge on any atom is 0.248 e. The van der Waals surface area contributed by atoms with Gasteiger partial charge in [-0.15, -0.1) is 0 Å². The van der Waals surface area contributed by atoms with Crippen molar-refractivity contribution in [1.29, 1.82) is 0 Å². The standard InChI is InChI=1S/C15H16IN3O/c1-10-14(11(2)19(3)18-10)8-9-15(20)17-13-6-4-12(16)5-7-13/h4-9H,1-3H3,(H,17,20)/b9-8+. The van der Waals surface area contributed by atoms with Crippen molar-refractivity contribution in [2.24, 2.45) is 7.05 Å². The van der Waals surface area contributed by atoms with Gasteiger partial charge < -0.3 is 5.32 Å². The molecule has 104 valence electrons. The highest BCUT2D eigenvalue weighted by atomic mass is 127. The summed E-state index contributed by atoms with van der Waals surface area (Å²) < 4.78 is 2.95. The van der Waals surface area contributed by atoms with Crippen LogP contribution in [0.2, 0.25) is 0 Å². The van der Waals surface area contributed by atoms with Crippen molar-refractivity contribution in [3.63, 3.8) is 0 Å². The molecule has 1 aromatic carbocycles. The Labute approximate surface area is 132 Å². The van der Waals surface area contributed by atoms with Gasteiger partial charge in [0.05, 0.1) is 5.69 Å². The number of carbonyl (C=O) groups excluding carboxylic acids is 1. The molecule has 1 N–H and O–H groups in total. The van der Waals surface area contributed by atoms with Gasteiger partial charge in [0.2, 0.25) is 5.91 Å². The average Bonchev–Trinajstić information content (AvgIpc) is 2.64. The largest absolute Gasteiger partial charge is 0.323 e. The lowest BCUT2D eigenvalue weighted by Crippen LogP contribution is -2.07. The smallest absolute Gasteiger partial charge is 0.248 e. The molecule has 0 saturated heterocycles. The Morgan fingerprint density at radius 3 is 2.50 bits per heavy atom. The second-order valence-corrected chi connectivity index (χ2v) is 5.78. The quantitative estimate of drug-likeness (QED) is 0.655. The van der Waals surface area contributed by atoms with Gasteiger partial charge in [-0.05, 0) is 66.8 Å². The lowest BCUT2D eigenvalue weighted by atomic mass is 10.2. The summed E-state index contributed by atoms with van der Waals surface area (Å²) in [4.78, 5) is 11.9. The van der Waals surface area contributed by atoms with E-state index in [-0.39, 0.29) is 5.91 Å². The number of halogens is 1. The molecule has 0 fully saturated rings. The Bertz CT molecular complexity index is 657. The first-order valence-corrected chi connectivity index (χ1v) is 7.30. The van der Waals surface area contributed by atoms with Crippen LogP contribution in [0, 0.1) is 17.4 Å².